The molecule has 2 aromatic rings. The Morgan fingerprint density at radius 3 is 2.72 bits per heavy atom. The van der Waals surface area contributed by atoms with Crippen LogP contribution < -0.4 is 20.7 Å². The van der Waals surface area contributed by atoms with Gasteiger partial charge in [-0.3, -0.25) is 4.79 Å². The maximum absolute atomic E-state index is 12.4. The van der Waals surface area contributed by atoms with Crippen molar-refractivity contribution in [3.05, 3.63) is 59.7 Å². The minimum Gasteiger partial charge on any atom is -0.493 e. The molecule has 1 atom stereocenters. The number of anilines is 1. The van der Waals surface area contributed by atoms with E-state index in [1.165, 1.54) is 0 Å². The predicted octanol–water partition coefficient (Wildman–Crippen LogP) is 2.62. The van der Waals surface area contributed by atoms with Gasteiger partial charge in [-0.15, -0.1) is 0 Å². The van der Waals surface area contributed by atoms with E-state index in [4.69, 9.17) is 4.74 Å². The summed E-state index contributed by atoms with van der Waals surface area (Å²) in [5, 5.41) is 8.42. The Bertz CT molecular complexity index is 776. The van der Waals surface area contributed by atoms with E-state index in [1.54, 1.807) is 13.1 Å². The summed E-state index contributed by atoms with van der Waals surface area (Å²) >= 11 is 0. The van der Waals surface area contributed by atoms with Crippen LogP contribution in [0.1, 0.15) is 23.6 Å². The molecule has 0 spiro atoms. The molecule has 0 radical (unpaired) electrons. The Hall–Kier alpha value is -3.02. The number of para-hydroxylation sites is 2. The Morgan fingerprint density at radius 2 is 1.88 bits per heavy atom. The summed E-state index contributed by atoms with van der Waals surface area (Å²) in [5.74, 6) is 0.701. The maximum atomic E-state index is 12.4. The van der Waals surface area contributed by atoms with Gasteiger partial charge >= 0.3 is 6.03 Å². The lowest BCUT2D eigenvalue weighted by atomic mass is 10.0. The number of urea groups is 1. The second-order valence-corrected chi connectivity index (χ2v) is 5.83. The lowest BCUT2D eigenvalue weighted by Gasteiger charge is -2.26. The van der Waals surface area contributed by atoms with Crippen molar-refractivity contribution in [1.82, 2.24) is 10.6 Å². The fourth-order valence-corrected chi connectivity index (χ4v) is 2.87. The number of benzene rings is 2. The van der Waals surface area contributed by atoms with Crippen LogP contribution in [0.3, 0.4) is 0 Å². The van der Waals surface area contributed by atoms with Gasteiger partial charge in [0, 0.05) is 24.7 Å². The molecule has 25 heavy (non-hydrogen) atoms. The number of amides is 3. The molecule has 0 unspecified atom stereocenters. The van der Waals surface area contributed by atoms with Crippen LogP contribution >= 0.6 is 0 Å². The molecular weight excluding hydrogens is 318 g/mol. The summed E-state index contributed by atoms with van der Waals surface area (Å²) in [6.07, 6.45) is 0.928. The van der Waals surface area contributed by atoms with Gasteiger partial charge in [0.15, 0.2) is 0 Å². The van der Waals surface area contributed by atoms with E-state index in [0.29, 0.717) is 18.7 Å². The number of carbonyl (C=O) groups excluding carboxylic acids is 2. The number of likely N-dealkylation sites (N-methyl/N-ethyl adjacent to an activating group) is 1. The first-order valence-corrected chi connectivity index (χ1v) is 8.25. The van der Waals surface area contributed by atoms with Gasteiger partial charge in [-0.1, -0.05) is 36.4 Å². The zero-order chi connectivity index (χ0) is 17.6. The van der Waals surface area contributed by atoms with E-state index in [2.05, 4.69) is 16.0 Å². The van der Waals surface area contributed by atoms with Crippen LogP contribution in [-0.2, 0) is 11.2 Å². The topological polar surface area (TPSA) is 79.5 Å². The van der Waals surface area contributed by atoms with E-state index in [0.717, 1.165) is 16.9 Å². The van der Waals surface area contributed by atoms with E-state index in [9.17, 15) is 9.59 Å². The third-order valence-electron chi connectivity index (χ3n) is 4.16. The van der Waals surface area contributed by atoms with Gasteiger partial charge in [-0.05, 0) is 17.7 Å². The number of hydrogen-bond donors (Lipinski definition) is 3. The molecule has 0 fully saturated rings. The average molecular weight is 339 g/mol. The SMILES string of the molecule is CNC(=O)Cc1ccccc1NC(=O)N[C@H]1CCOc2ccccc21. The molecule has 1 heterocycles. The van der Waals surface area contributed by atoms with Crippen LogP contribution in [0.15, 0.2) is 48.5 Å². The minimum absolute atomic E-state index is 0.101. The minimum atomic E-state index is -0.300. The predicted molar refractivity (Wildman–Crippen MR) is 95.7 cm³/mol. The highest BCUT2D eigenvalue weighted by Gasteiger charge is 2.22. The molecule has 3 rings (SSSR count). The van der Waals surface area contributed by atoms with Crippen molar-refractivity contribution in [1.29, 1.82) is 0 Å². The van der Waals surface area contributed by atoms with Crippen LogP contribution in [0, 0.1) is 0 Å². The molecule has 0 bridgehead atoms. The Kier molecular flexibility index (Phi) is 5.18. The third-order valence-corrected chi connectivity index (χ3v) is 4.16. The van der Waals surface area contributed by atoms with Crippen molar-refractivity contribution < 1.29 is 14.3 Å². The van der Waals surface area contributed by atoms with Gasteiger partial charge < -0.3 is 20.7 Å². The van der Waals surface area contributed by atoms with E-state index in [-0.39, 0.29) is 24.4 Å². The van der Waals surface area contributed by atoms with Crippen LogP contribution in [-0.4, -0.2) is 25.6 Å². The highest BCUT2D eigenvalue weighted by atomic mass is 16.5. The van der Waals surface area contributed by atoms with Crippen molar-refractivity contribution in [2.24, 2.45) is 0 Å². The largest absolute Gasteiger partial charge is 0.493 e. The molecule has 1 aliphatic heterocycles. The van der Waals surface area contributed by atoms with E-state index < -0.39 is 0 Å². The smallest absolute Gasteiger partial charge is 0.319 e. The van der Waals surface area contributed by atoms with Crippen LogP contribution in [0.25, 0.3) is 0 Å². The average Bonchev–Trinajstić information content (AvgIpc) is 2.63. The molecule has 0 saturated heterocycles. The van der Waals surface area contributed by atoms with Gasteiger partial charge in [0.05, 0.1) is 19.1 Å². The van der Waals surface area contributed by atoms with Crippen molar-refractivity contribution in [2.45, 2.75) is 18.9 Å². The van der Waals surface area contributed by atoms with Crippen molar-refractivity contribution in [2.75, 3.05) is 19.0 Å². The second kappa shape index (κ2) is 7.70. The van der Waals surface area contributed by atoms with E-state index in [1.807, 2.05) is 42.5 Å². The first kappa shape index (κ1) is 16.8. The zero-order valence-corrected chi connectivity index (χ0v) is 14.0. The lowest BCUT2D eigenvalue weighted by Crippen LogP contribution is -2.35. The summed E-state index contributed by atoms with van der Waals surface area (Å²) < 4.78 is 5.61. The number of fused-ring (bicyclic) bond motifs is 1. The molecule has 2 aromatic carbocycles. The van der Waals surface area contributed by atoms with Crippen LogP contribution in [0.5, 0.6) is 5.75 Å². The summed E-state index contributed by atoms with van der Waals surface area (Å²) in [5.41, 5.74) is 2.37. The van der Waals surface area contributed by atoms with Crippen molar-refractivity contribution in [3.63, 3.8) is 0 Å². The second-order valence-electron chi connectivity index (χ2n) is 5.83. The summed E-state index contributed by atoms with van der Waals surface area (Å²) in [7, 11) is 1.59. The Balaban J connectivity index is 1.69. The number of hydrogen-bond acceptors (Lipinski definition) is 3. The van der Waals surface area contributed by atoms with Gasteiger partial charge in [0.1, 0.15) is 5.75 Å². The molecule has 1 aliphatic rings. The number of nitrogens with one attached hydrogen (secondary N) is 3. The van der Waals surface area contributed by atoms with Crippen molar-refractivity contribution in [3.8, 4) is 5.75 Å². The Morgan fingerprint density at radius 1 is 1.12 bits per heavy atom. The van der Waals surface area contributed by atoms with E-state index >= 15 is 0 Å². The molecule has 0 aromatic heterocycles. The number of carbonyl (C=O) groups is 2. The van der Waals surface area contributed by atoms with Gasteiger partial charge in [0.2, 0.25) is 5.91 Å². The monoisotopic (exact) mass is 339 g/mol. The summed E-state index contributed by atoms with van der Waals surface area (Å²) in [4.78, 5) is 24.1. The molecule has 0 aliphatic carbocycles. The number of rotatable bonds is 4. The number of ether oxygens (including phenoxy) is 1. The molecule has 6 nitrogen and oxygen atoms in total. The van der Waals surface area contributed by atoms with Gasteiger partial charge in [-0.2, -0.15) is 0 Å². The van der Waals surface area contributed by atoms with Gasteiger partial charge in [0.25, 0.3) is 0 Å². The third kappa shape index (κ3) is 4.09. The normalized spacial score (nSPS) is 15.5. The van der Waals surface area contributed by atoms with Crippen molar-refractivity contribution >= 4 is 17.6 Å². The fraction of sp³-hybridized carbons (Fsp3) is 0.263. The van der Waals surface area contributed by atoms with Crippen LogP contribution in [0.2, 0.25) is 0 Å². The lowest BCUT2D eigenvalue weighted by molar-refractivity contribution is -0.119. The summed E-state index contributed by atoms with van der Waals surface area (Å²) in [6.45, 7) is 0.565. The maximum Gasteiger partial charge on any atom is 0.319 e. The van der Waals surface area contributed by atoms with Gasteiger partial charge in [-0.25, -0.2) is 4.79 Å². The first-order valence-electron chi connectivity index (χ1n) is 8.25. The van der Waals surface area contributed by atoms with Crippen LogP contribution in [0.4, 0.5) is 10.5 Å². The summed E-state index contributed by atoms with van der Waals surface area (Å²) in [6, 6.07) is 14.6. The molecule has 6 heteroatoms. The fourth-order valence-electron chi connectivity index (χ4n) is 2.87. The highest BCUT2D eigenvalue weighted by molar-refractivity contribution is 5.91. The molecule has 130 valence electrons. The highest BCUT2D eigenvalue weighted by Crippen LogP contribution is 2.31. The quantitative estimate of drug-likeness (QED) is 0.801. The Labute approximate surface area is 146 Å². The molecule has 3 N–H and O–H groups in total. The zero-order valence-electron chi connectivity index (χ0n) is 14.0. The first-order chi connectivity index (χ1) is 12.2. The molecule has 0 saturated carbocycles. The standard InChI is InChI=1S/C19H21N3O3/c1-20-18(23)12-13-6-2-4-8-15(13)21-19(24)22-16-10-11-25-17-9-5-3-7-14(16)17/h2-9,16H,10-12H2,1H3,(H,20,23)(H2,21,22,24)/t16-/m0/s1. The molecule has 3 amide bonds. The molecular formula is C19H21N3O3.